The average molecular weight is 496 g/mol. The first-order valence-electron chi connectivity index (χ1n) is 10.6. The standard InChI is InChI=1S/C24H21N3O3S3/c28-33(29,21-9-10-31-16-21)27-14-18-12-26(13-19(18)15-27)11-17-5-7-20(8-6-17)30-24-25-22-3-1-2-4-23(22)32-24/h1-10,14,16,19H,11-13,15H2. The lowest BCUT2D eigenvalue weighted by Gasteiger charge is -2.20. The molecule has 33 heavy (non-hydrogen) atoms. The highest BCUT2D eigenvalue weighted by Crippen LogP contribution is 2.35. The SMILES string of the molecule is O=S(=O)(c1ccsc1)N1C=C2CN(Cc3ccc(Oc4nc5ccccc5s4)cc3)CC2C1. The second kappa shape index (κ2) is 8.25. The van der Waals surface area contributed by atoms with Crippen LogP contribution < -0.4 is 4.74 Å². The Labute approximate surface area is 200 Å². The molecule has 2 aliphatic rings. The van der Waals surface area contributed by atoms with Gasteiger partial charge in [0.1, 0.15) is 5.75 Å². The summed E-state index contributed by atoms with van der Waals surface area (Å²) >= 11 is 2.94. The van der Waals surface area contributed by atoms with Crippen molar-refractivity contribution in [2.75, 3.05) is 19.6 Å². The molecule has 1 atom stereocenters. The summed E-state index contributed by atoms with van der Waals surface area (Å²) in [6.07, 6.45) is 1.84. The number of sulfonamides is 1. The molecule has 2 aromatic carbocycles. The number of likely N-dealkylation sites (tertiary alicyclic amines) is 1. The van der Waals surface area contributed by atoms with Gasteiger partial charge in [-0.25, -0.2) is 13.4 Å². The van der Waals surface area contributed by atoms with E-state index in [4.69, 9.17) is 4.74 Å². The molecule has 1 fully saturated rings. The van der Waals surface area contributed by atoms with Crippen molar-refractivity contribution in [3.63, 3.8) is 0 Å². The summed E-state index contributed by atoms with van der Waals surface area (Å²) in [6, 6.07) is 17.8. The minimum Gasteiger partial charge on any atom is -0.431 e. The van der Waals surface area contributed by atoms with Crippen molar-refractivity contribution in [2.24, 2.45) is 5.92 Å². The molecule has 2 aliphatic heterocycles. The third-order valence-electron chi connectivity index (χ3n) is 6.03. The van der Waals surface area contributed by atoms with E-state index in [0.29, 0.717) is 16.6 Å². The van der Waals surface area contributed by atoms with Crippen LogP contribution in [0, 0.1) is 5.92 Å². The molecule has 0 bridgehead atoms. The Morgan fingerprint density at radius 1 is 1.06 bits per heavy atom. The molecular weight excluding hydrogens is 474 g/mol. The molecule has 0 N–H and O–H groups in total. The lowest BCUT2D eigenvalue weighted by molar-refractivity contribution is 0.306. The molecule has 6 rings (SSSR count). The van der Waals surface area contributed by atoms with Gasteiger partial charge in [0.15, 0.2) is 0 Å². The number of thiophene rings is 1. The highest BCUT2D eigenvalue weighted by Gasteiger charge is 2.37. The largest absolute Gasteiger partial charge is 0.431 e. The van der Waals surface area contributed by atoms with Gasteiger partial charge in [-0.1, -0.05) is 35.6 Å². The maximum absolute atomic E-state index is 12.8. The normalized spacial score (nSPS) is 18.6. The van der Waals surface area contributed by atoms with Crippen LogP contribution in [0.15, 0.2) is 82.0 Å². The molecule has 2 aromatic heterocycles. The minimum atomic E-state index is -3.42. The number of nitrogens with zero attached hydrogens (tertiary/aromatic N) is 3. The van der Waals surface area contributed by atoms with E-state index < -0.39 is 10.0 Å². The molecule has 0 saturated carbocycles. The van der Waals surface area contributed by atoms with Gasteiger partial charge in [0.05, 0.1) is 15.1 Å². The van der Waals surface area contributed by atoms with E-state index in [1.54, 1.807) is 16.8 Å². The number of para-hydroxylation sites is 1. The molecule has 0 spiro atoms. The van der Waals surface area contributed by atoms with Gasteiger partial charge in [-0.15, -0.1) is 0 Å². The first kappa shape index (κ1) is 20.9. The van der Waals surface area contributed by atoms with E-state index >= 15 is 0 Å². The fraction of sp³-hybridized carbons (Fsp3) is 0.208. The van der Waals surface area contributed by atoms with Crippen LogP contribution in [0.25, 0.3) is 10.2 Å². The Morgan fingerprint density at radius 2 is 1.91 bits per heavy atom. The quantitative estimate of drug-likeness (QED) is 0.369. The van der Waals surface area contributed by atoms with Crippen LogP contribution in [0.5, 0.6) is 10.9 Å². The highest BCUT2D eigenvalue weighted by atomic mass is 32.2. The van der Waals surface area contributed by atoms with Gasteiger partial charge in [0.2, 0.25) is 0 Å². The van der Waals surface area contributed by atoms with Crippen molar-refractivity contribution in [1.29, 1.82) is 0 Å². The van der Waals surface area contributed by atoms with Gasteiger partial charge in [0.25, 0.3) is 15.2 Å². The third kappa shape index (κ3) is 4.06. The molecule has 4 heterocycles. The predicted octanol–water partition coefficient (Wildman–Crippen LogP) is 5.17. The molecule has 9 heteroatoms. The number of benzene rings is 2. The zero-order valence-electron chi connectivity index (χ0n) is 17.6. The van der Waals surface area contributed by atoms with Gasteiger partial charge in [-0.3, -0.25) is 9.21 Å². The summed E-state index contributed by atoms with van der Waals surface area (Å²) < 4.78 is 34.1. The van der Waals surface area contributed by atoms with E-state index in [1.807, 2.05) is 42.6 Å². The number of aromatic nitrogens is 1. The number of thiazole rings is 1. The van der Waals surface area contributed by atoms with E-state index in [1.165, 1.54) is 38.1 Å². The second-order valence-electron chi connectivity index (χ2n) is 8.30. The van der Waals surface area contributed by atoms with Crippen LogP contribution in [-0.2, 0) is 16.6 Å². The van der Waals surface area contributed by atoms with Gasteiger partial charge in [-0.05, 0) is 46.8 Å². The Bertz CT molecular complexity index is 1390. The van der Waals surface area contributed by atoms with Crippen LogP contribution >= 0.6 is 22.7 Å². The van der Waals surface area contributed by atoms with Crippen molar-refractivity contribution in [2.45, 2.75) is 11.4 Å². The van der Waals surface area contributed by atoms with Crippen molar-refractivity contribution in [3.8, 4) is 10.9 Å². The van der Waals surface area contributed by atoms with Crippen LogP contribution in [0.1, 0.15) is 5.56 Å². The maximum atomic E-state index is 12.8. The summed E-state index contributed by atoms with van der Waals surface area (Å²) in [7, 11) is -3.42. The third-order valence-corrected chi connectivity index (χ3v) is 9.50. The molecule has 6 nitrogen and oxygen atoms in total. The number of ether oxygens (including phenoxy) is 1. The van der Waals surface area contributed by atoms with Crippen molar-refractivity contribution >= 4 is 42.9 Å². The summed E-state index contributed by atoms with van der Waals surface area (Å²) in [5.74, 6) is 1.04. The Balaban J connectivity index is 1.08. The van der Waals surface area contributed by atoms with Gasteiger partial charge in [0, 0.05) is 43.7 Å². The van der Waals surface area contributed by atoms with E-state index in [-0.39, 0.29) is 5.92 Å². The van der Waals surface area contributed by atoms with Gasteiger partial charge < -0.3 is 4.74 Å². The van der Waals surface area contributed by atoms with Gasteiger partial charge in [-0.2, -0.15) is 11.3 Å². The zero-order chi connectivity index (χ0) is 22.4. The van der Waals surface area contributed by atoms with Crippen LogP contribution in [-0.4, -0.2) is 42.2 Å². The lowest BCUT2D eigenvalue weighted by atomic mass is 10.1. The fourth-order valence-electron chi connectivity index (χ4n) is 4.40. The monoisotopic (exact) mass is 495 g/mol. The summed E-state index contributed by atoms with van der Waals surface area (Å²) in [4.78, 5) is 7.27. The number of rotatable bonds is 6. The van der Waals surface area contributed by atoms with Crippen LogP contribution in [0.3, 0.4) is 0 Å². The molecule has 0 aliphatic carbocycles. The molecule has 1 saturated heterocycles. The van der Waals surface area contributed by atoms with E-state index in [9.17, 15) is 8.42 Å². The summed E-state index contributed by atoms with van der Waals surface area (Å²) in [5.41, 5.74) is 3.35. The lowest BCUT2D eigenvalue weighted by Crippen LogP contribution is -2.29. The van der Waals surface area contributed by atoms with Crippen molar-refractivity contribution in [3.05, 3.63) is 82.7 Å². The fourth-order valence-corrected chi connectivity index (χ4v) is 7.65. The average Bonchev–Trinajstić information content (AvgIpc) is 3.58. The number of hydrogen-bond donors (Lipinski definition) is 0. The van der Waals surface area contributed by atoms with E-state index in [2.05, 4.69) is 22.0 Å². The number of hydrogen-bond acceptors (Lipinski definition) is 7. The van der Waals surface area contributed by atoms with E-state index in [0.717, 1.165) is 35.6 Å². The molecule has 0 radical (unpaired) electrons. The van der Waals surface area contributed by atoms with Gasteiger partial charge >= 0.3 is 0 Å². The zero-order valence-corrected chi connectivity index (χ0v) is 20.1. The molecule has 4 aromatic rings. The Hall–Kier alpha value is -2.72. The number of fused-ring (bicyclic) bond motifs is 2. The first-order valence-corrected chi connectivity index (χ1v) is 13.8. The first-order chi connectivity index (χ1) is 16.0. The van der Waals surface area contributed by atoms with Crippen molar-refractivity contribution < 1.29 is 13.2 Å². The summed E-state index contributed by atoms with van der Waals surface area (Å²) in [5, 5.41) is 4.14. The molecule has 0 amide bonds. The van der Waals surface area contributed by atoms with Crippen LogP contribution in [0.2, 0.25) is 0 Å². The van der Waals surface area contributed by atoms with Crippen molar-refractivity contribution in [1.82, 2.24) is 14.2 Å². The topological polar surface area (TPSA) is 62.7 Å². The smallest absolute Gasteiger partial charge is 0.279 e. The Morgan fingerprint density at radius 3 is 2.67 bits per heavy atom. The second-order valence-corrected chi connectivity index (χ2v) is 12.0. The highest BCUT2D eigenvalue weighted by molar-refractivity contribution is 7.89. The molecule has 1 unspecified atom stereocenters. The Kier molecular flexibility index (Phi) is 5.21. The molecular formula is C24H21N3O3S3. The van der Waals surface area contributed by atoms with Crippen LogP contribution in [0.4, 0.5) is 0 Å². The molecule has 168 valence electrons. The maximum Gasteiger partial charge on any atom is 0.279 e. The summed E-state index contributed by atoms with van der Waals surface area (Å²) in [6.45, 7) is 3.02. The predicted molar refractivity (Wildman–Crippen MR) is 131 cm³/mol. The minimum absolute atomic E-state index is 0.264.